The van der Waals surface area contributed by atoms with Gasteiger partial charge < -0.3 is 10.5 Å². The molecule has 2 N–H and O–H groups in total. The number of nitrogens with two attached hydrogens (primary N) is 1. The van der Waals surface area contributed by atoms with Crippen molar-refractivity contribution < 1.29 is 4.74 Å². The smallest absolute Gasteiger partial charge is 0.140 e. The fourth-order valence-corrected chi connectivity index (χ4v) is 1.91. The van der Waals surface area contributed by atoms with E-state index in [0.29, 0.717) is 17.5 Å². The van der Waals surface area contributed by atoms with Crippen LogP contribution < -0.4 is 10.5 Å². The number of ether oxygens (including phenoxy) is 1. The van der Waals surface area contributed by atoms with Gasteiger partial charge in [0.05, 0.1) is 12.1 Å². The molecule has 0 fully saturated rings. The molecule has 0 heterocycles. The van der Waals surface area contributed by atoms with Gasteiger partial charge in [0.15, 0.2) is 0 Å². The lowest BCUT2D eigenvalue weighted by molar-refractivity contribution is 0.410. The van der Waals surface area contributed by atoms with Gasteiger partial charge in [-0.25, -0.2) is 0 Å². The van der Waals surface area contributed by atoms with E-state index in [1.54, 1.807) is 7.11 Å². The first kappa shape index (κ1) is 12.3. The largest absolute Gasteiger partial charge is 0.495 e. The molecule has 1 atom stereocenters. The van der Waals surface area contributed by atoms with E-state index in [-0.39, 0.29) is 0 Å². The van der Waals surface area contributed by atoms with E-state index in [0.717, 1.165) is 17.7 Å². The molecule has 2 nitrogen and oxygen atoms in total. The van der Waals surface area contributed by atoms with Gasteiger partial charge >= 0.3 is 0 Å². The molecule has 3 heteroatoms. The zero-order chi connectivity index (χ0) is 11.4. The van der Waals surface area contributed by atoms with E-state index < -0.39 is 0 Å². The molecule has 0 aliphatic carbocycles. The van der Waals surface area contributed by atoms with E-state index in [1.807, 2.05) is 6.07 Å². The predicted molar refractivity (Wildman–Crippen MR) is 64.9 cm³/mol. The van der Waals surface area contributed by atoms with Crippen LogP contribution in [0.4, 0.5) is 0 Å². The maximum atomic E-state index is 6.15. The summed E-state index contributed by atoms with van der Waals surface area (Å²) in [6.45, 7) is 4.81. The minimum absolute atomic E-state index is 0.332. The van der Waals surface area contributed by atoms with Crippen LogP contribution in [-0.4, -0.2) is 13.7 Å². The van der Waals surface area contributed by atoms with Gasteiger partial charge in [-0.05, 0) is 36.1 Å². The van der Waals surface area contributed by atoms with Gasteiger partial charge in [-0.3, -0.25) is 0 Å². The summed E-state index contributed by atoms with van der Waals surface area (Å²) in [5, 5.41) is 0.673. The minimum Gasteiger partial charge on any atom is -0.495 e. The van der Waals surface area contributed by atoms with E-state index in [9.17, 15) is 0 Å². The Kier molecular flexibility index (Phi) is 4.43. The number of rotatable bonds is 4. The van der Waals surface area contributed by atoms with Crippen molar-refractivity contribution in [2.24, 2.45) is 5.73 Å². The molecule has 1 rings (SSSR count). The van der Waals surface area contributed by atoms with Crippen LogP contribution in [0, 0.1) is 0 Å². The molecular formula is C12H18ClNO. The molecule has 0 radical (unpaired) electrons. The zero-order valence-corrected chi connectivity index (χ0v) is 10.3. The van der Waals surface area contributed by atoms with E-state index in [4.69, 9.17) is 22.1 Å². The fourth-order valence-electron chi connectivity index (χ4n) is 1.59. The molecule has 0 saturated heterocycles. The standard InChI is InChI=1S/C12H18ClNO/c1-4-9-5-10(8(2)7-14)6-11(13)12(9)15-3/h5-6,8H,4,7,14H2,1-3H3. The maximum Gasteiger partial charge on any atom is 0.140 e. The average Bonchev–Trinajstić information content (AvgIpc) is 2.26. The fraction of sp³-hybridized carbons (Fsp3) is 0.500. The Bertz CT molecular complexity index is 339. The third-order valence-electron chi connectivity index (χ3n) is 2.65. The van der Waals surface area contributed by atoms with Gasteiger partial charge in [-0.1, -0.05) is 31.5 Å². The van der Waals surface area contributed by atoms with Crippen LogP contribution in [0.5, 0.6) is 5.75 Å². The van der Waals surface area contributed by atoms with Gasteiger partial charge in [0, 0.05) is 0 Å². The highest BCUT2D eigenvalue weighted by Crippen LogP contribution is 2.32. The van der Waals surface area contributed by atoms with Crippen molar-refractivity contribution in [3.63, 3.8) is 0 Å². The molecule has 0 aliphatic heterocycles. The topological polar surface area (TPSA) is 35.2 Å². The Morgan fingerprint density at radius 2 is 2.13 bits per heavy atom. The van der Waals surface area contributed by atoms with Crippen LogP contribution in [0.15, 0.2) is 12.1 Å². The van der Waals surface area contributed by atoms with Crippen molar-refractivity contribution in [2.75, 3.05) is 13.7 Å². The lowest BCUT2D eigenvalue weighted by Crippen LogP contribution is -2.09. The van der Waals surface area contributed by atoms with E-state index in [1.165, 1.54) is 5.56 Å². The van der Waals surface area contributed by atoms with Crippen molar-refractivity contribution >= 4 is 11.6 Å². The number of benzene rings is 1. The second kappa shape index (κ2) is 5.38. The van der Waals surface area contributed by atoms with Gasteiger partial charge in [-0.2, -0.15) is 0 Å². The maximum absolute atomic E-state index is 6.15. The van der Waals surface area contributed by atoms with Crippen molar-refractivity contribution in [1.29, 1.82) is 0 Å². The molecule has 0 bridgehead atoms. The SMILES string of the molecule is CCc1cc(C(C)CN)cc(Cl)c1OC. The molecule has 0 aliphatic rings. The van der Waals surface area contributed by atoms with Crippen LogP contribution in [0.3, 0.4) is 0 Å². The summed E-state index contributed by atoms with van der Waals surface area (Å²) in [5.41, 5.74) is 7.96. The number of halogens is 1. The third kappa shape index (κ3) is 2.64. The van der Waals surface area contributed by atoms with Gasteiger partial charge in [0.1, 0.15) is 5.75 Å². The van der Waals surface area contributed by atoms with Crippen LogP contribution in [0.1, 0.15) is 30.9 Å². The monoisotopic (exact) mass is 227 g/mol. The van der Waals surface area contributed by atoms with Crippen LogP contribution >= 0.6 is 11.6 Å². The third-order valence-corrected chi connectivity index (χ3v) is 2.93. The quantitative estimate of drug-likeness (QED) is 0.859. The summed E-state index contributed by atoms with van der Waals surface area (Å²) in [5.74, 6) is 1.12. The lowest BCUT2D eigenvalue weighted by atomic mass is 9.98. The predicted octanol–water partition coefficient (Wildman–Crippen LogP) is 2.97. The Hall–Kier alpha value is -0.730. The van der Waals surface area contributed by atoms with Gasteiger partial charge in [0.25, 0.3) is 0 Å². The van der Waals surface area contributed by atoms with E-state index >= 15 is 0 Å². The molecule has 84 valence electrons. The van der Waals surface area contributed by atoms with Crippen LogP contribution in [0.2, 0.25) is 5.02 Å². The Labute approximate surface area is 96.4 Å². The van der Waals surface area contributed by atoms with Gasteiger partial charge in [-0.15, -0.1) is 0 Å². The minimum atomic E-state index is 0.332. The van der Waals surface area contributed by atoms with Crippen molar-refractivity contribution in [3.05, 3.63) is 28.3 Å². The summed E-state index contributed by atoms with van der Waals surface area (Å²) >= 11 is 6.15. The normalized spacial score (nSPS) is 12.6. The zero-order valence-electron chi connectivity index (χ0n) is 9.51. The average molecular weight is 228 g/mol. The Balaban J connectivity index is 3.19. The summed E-state index contributed by atoms with van der Waals surface area (Å²) in [6.07, 6.45) is 0.911. The first-order valence-corrected chi connectivity index (χ1v) is 5.58. The Morgan fingerprint density at radius 1 is 1.47 bits per heavy atom. The van der Waals surface area contributed by atoms with E-state index in [2.05, 4.69) is 19.9 Å². The van der Waals surface area contributed by atoms with Crippen LogP contribution in [-0.2, 0) is 6.42 Å². The summed E-state index contributed by atoms with van der Waals surface area (Å²) in [4.78, 5) is 0. The Morgan fingerprint density at radius 3 is 2.60 bits per heavy atom. The molecule has 1 aromatic carbocycles. The van der Waals surface area contributed by atoms with Crippen LogP contribution in [0.25, 0.3) is 0 Å². The highest BCUT2D eigenvalue weighted by molar-refractivity contribution is 6.32. The molecule has 15 heavy (non-hydrogen) atoms. The molecule has 0 saturated carbocycles. The summed E-state index contributed by atoms with van der Waals surface area (Å²) < 4.78 is 5.27. The van der Waals surface area contributed by atoms with Crippen molar-refractivity contribution in [1.82, 2.24) is 0 Å². The molecule has 1 aromatic rings. The number of aryl methyl sites for hydroxylation is 1. The molecule has 0 aromatic heterocycles. The molecule has 0 spiro atoms. The lowest BCUT2D eigenvalue weighted by Gasteiger charge is -2.15. The highest BCUT2D eigenvalue weighted by atomic mass is 35.5. The number of methoxy groups -OCH3 is 1. The molecule has 1 unspecified atom stereocenters. The first-order chi connectivity index (χ1) is 7.13. The second-order valence-corrected chi connectivity index (χ2v) is 4.09. The number of hydrogen-bond donors (Lipinski definition) is 1. The van der Waals surface area contributed by atoms with Gasteiger partial charge in [0.2, 0.25) is 0 Å². The second-order valence-electron chi connectivity index (χ2n) is 3.69. The van der Waals surface area contributed by atoms with Crippen molar-refractivity contribution in [2.45, 2.75) is 26.2 Å². The summed E-state index contributed by atoms with van der Waals surface area (Å²) in [7, 11) is 1.65. The number of hydrogen-bond acceptors (Lipinski definition) is 2. The molecular weight excluding hydrogens is 210 g/mol. The van der Waals surface area contributed by atoms with Crippen molar-refractivity contribution in [3.8, 4) is 5.75 Å². The first-order valence-electron chi connectivity index (χ1n) is 5.20. The summed E-state index contributed by atoms with van der Waals surface area (Å²) in [6, 6.07) is 4.07. The molecule has 0 amide bonds. The highest BCUT2D eigenvalue weighted by Gasteiger charge is 2.11.